The van der Waals surface area contributed by atoms with E-state index in [4.69, 9.17) is 0 Å². The molecule has 0 spiro atoms. The molecule has 0 fully saturated rings. The van der Waals surface area contributed by atoms with Gasteiger partial charge in [0.2, 0.25) is 0 Å². The van der Waals surface area contributed by atoms with Crippen LogP contribution in [0.5, 0.6) is 0 Å². The predicted molar refractivity (Wildman–Crippen MR) is 108 cm³/mol. The SMILES string of the molecule is O=C(NCc1ccnc(-c2ccncc2)c1)c1ccc(-c2ccsc2)cc1. The van der Waals surface area contributed by atoms with Gasteiger partial charge in [0.15, 0.2) is 0 Å². The average molecular weight is 371 g/mol. The fourth-order valence-electron chi connectivity index (χ4n) is 2.79. The van der Waals surface area contributed by atoms with Crippen LogP contribution in [0, 0.1) is 0 Å². The van der Waals surface area contributed by atoms with Crippen molar-refractivity contribution in [3.05, 3.63) is 95.1 Å². The lowest BCUT2D eigenvalue weighted by molar-refractivity contribution is 0.0951. The van der Waals surface area contributed by atoms with Crippen LogP contribution in [-0.2, 0) is 6.54 Å². The number of thiophene rings is 1. The van der Waals surface area contributed by atoms with Crippen LogP contribution < -0.4 is 5.32 Å². The number of benzene rings is 1. The van der Waals surface area contributed by atoms with Crippen molar-refractivity contribution in [2.24, 2.45) is 0 Å². The number of amides is 1. The van der Waals surface area contributed by atoms with Gasteiger partial charge in [-0.1, -0.05) is 12.1 Å². The van der Waals surface area contributed by atoms with Crippen molar-refractivity contribution in [2.45, 2.75) is 6.54 Å². The Morgan fingerprint density at radius 3 is 2.44 bits per heavy atom. The molecule has 0 radical (unpaired) electrons. The summed E-state index contributed by atoms with van der Waals surface area (Å²) in [6.45, 7) is 0.450. The molecule has 0 aliphatic carbocycles. The molecule has 0 saturated carbocycles. The summed E-state index contributed by atoms with van der Waals surface area (Å²) in [5, 5.41) is 7.11. The van der Waals surface area contributed by atoms with E-state index in [0.29, 0.717) is 12.1 Å². The molecule has 4 rings (SSSR count). The highest BCUT2D eigenvalue weighted by molar-refractivity contribution is 7.08. The zero-order valence-electron chi connectivity index (χ0n) is 14.5. The van der Waals surface area contributed by atoms with Crippen molar-refractivity contribution >= 4 is 17.2 Å². The third kappa shape index (κ3) is 4.10. The third-order valence-electron chi connectivity index (χ3n) is 4.26. The number of carbonyl (C=O) groups is 1. The minimum absolute atomic E-state index is 0.0888. The number of aromatic nitrogens is 2. The summed E-state index contributed by atoms with van der Waals surface area (Å²) in [5.74, 6) is -0.0888. The van der Waals surface area contributed by atoms with Gasteiger partial charge < -0.3 is 5.32 Å². The van der Waals surface area contributed by atoms with Crippen LogP contribution in [0.1, 0.15) is 15.9 Å². The summed E-state index contributed by atoms with van der Waals surface area (Å²) >= 11 is 1.66. The third-order valence-corrected chi connectivity index (χ3v) is 4.94. The molecule has 27 heavy (non-hydrogen) atoms. The van der Waals surface area contributed by atoms with Crippen molar-refractivity contribution in [1.29, 1.82) is 0 Å². The zero-order chi connectivity index (χ0) is 18.5. The molecule has 0 saturated heterocycles. The molecule has 0 bridgehead atoms. The molecule has 3 heterocycles. The van der Waals surface area contributed by atoms with Crippen molar-refractivity contribution in [3.8, 4) is 22.4 Å². The Morgan fingerprint density at radius 1 is 0.889 bits per heavy atom. The molecule has 0 atom stereocenters. The maximum absolute atomic E-state index is 12.4. The van der Waals surface area contributed by atoms with Gasteiger partial charge in [-0.05, 0) is 69.9 Å². The predicted octanol–water partition coefficient (Wildman–Crippen LogP) is 4.80. The summed E-state index contributed by atoms with van der Waals surface area (Å²) in [4.78, 5) is 20.9. The van der Waals surface area contributed by atoms with Crippen molar-refractivity contribution in [3.63, 3.8) is 0 Å². The fourth-order valence-corrected chi connectivity index (χ4v) is 3.46. The Hall–Kier alpha value is -3.31. The van der Waals surface area contributed by atoms with Crippen LogP contribution in [0.4, 0.5) is 0 Å². The van der Waals surface area contributed by atoms with Crippen LogP contribution in [0.15, 0.2) is 83.9 Å². The lowest BCUT2D eigenvalue weighted by Gasteiger charge is -2.08. The summed E-state index contributed by atoms with van der Waals surface area (Å²) in [6, 6.07) is 17.5. The highest BCUT2D eigenvalue weighted by atomic mass is 32.1. The lowest BCUT2D eigenvalue weighted by Crippen LogP contribution is -2.22. The molecule has 0 aliphatic heterocycles. The van der Waals surface area contributed by atoms with Gasteiger partial charge in [-0.25, -0.2) is 0 Å². The van der Waals surface area contributed by atoms with E-state index in [1.54, 1.807) is 29.9 Å². The van der Waals surface area contributed by atoms with Crippen molar-refractivity contribution in [1.82, 2.24) is 15.3 Å². The van der Waals surface area contributed by atoms with E-state index < -0.39 is 0 Å². The molecule has 5 heteroatoms. The molecule has 3 aromatic heterocycles. The Bertz CT molecular complexity index is 1030. The number of hydrogen-bond acceptors (Lipinski definition) is 4. The van der Waals surface area contributed by atoms with Gasteiger partial charge in [0.25, 0.3) is 5.91 Å². The number of nitrogens with zero attached hydrogens (tertiary/aromatic N) is 2. The Kier molecular flexibility index (Phi) is 5.03. The minimum atomic E-state index is -0.0888. The zero-order valence-corrected chi connectivity index (χ0v) is 15.3. The van der Waals surface area contributed by atoms with Gasteiger partial charge in [-0.3, -0.25) is 14.8 Å². The van der Waals surface area contributed by atoms with E-state index in [-0.39, 0.29) is 5.91 Å². The van der Waals surface area contributed by atoms with Gasteiger partial charge in [0.1, 0.15) is 0 Å². The number of rotatable bonds is 5. The van der Waals surface area contributed by atoms with Crippen LogP contribution >= 0.6 is 11.3 Å². The smallest absolute Gasteiger partial charge is 0.251 e. The van der Waals surface area contributed by atoms with Crippen LogP contribution in [0.2, 0.25) is 0 Å². The second-order valence-corrected chi connectivity index (χ2v) is 6.84. The number of hydrogen-bond donors (Lipinski definition) is 1. The largest absolute Gasteiger partial charge is 0.348 e. The van der Waals surface area contributed by atoms with E-state index >= 15 is 0 Å². The minimum Gasteiger partial charge on any atom is -0.348 e. The summed E-state index contributed by atoms with van der Waals surface area (Å²) < 4.78 is 0. The molecule has 1 N–H and O–H groups in total. The number of nitrogens with one attached hydrogen (secondary N) is 1. The van der Waals surface area contributed by atoms with E-state index in [2.05, 4.69) is 26.7 Å². The first kappa shape index (κ1) is 17.1. The highest BCUT2D eigenvalue weighted by Crippen LogP contribution is 2.22. The first-order valence-corrected chi connectivity index (χ1v) is 9.50. The second kappa shape index (κ2) is 7.93. The highest BCUT2D eigenvalue weighted by Gasteiger charge is 2.07. The maximum atomic E-state index is 12.4. The lowest BCUT2D eigenvalue weighted by atomic mass is 10.1. The number of pyridine rings is 2. The Labute approximate surface area is 161 Å². The first-order valence-electron chi connectivity index (χ1n) is 8.56. The van der Waals surface area contributed by atoms with Crippen LogP contribution in [0.3, 0.4) is 0 Å². The van der Waals surface area contributed by atoms with Crippen LogP contribution in [0.25, 0.3) is 22.4 Å². The summed E-state index contributed by atoms with van der Waals surface area (Å²) in [5.41, 5.74) is 5.81. The average Bonchev–Trinajstić information content (AvgIpc) is 3.28. The van der Waals surface area contributed by atoms with Crippen molar-refractivity contribution in [2.75, 3.05) is 0 Å². The monoisotopic (exact) mass is 371 g/mol. The quantitative estimate of drug-likeness (QED) is 0.548. The molecule has 0 aliphatic rings. The normalized spacial score (nSPS) is 10.5. The standard InChI is InChI=1S/C22H17N3OS/c26-22(19-3-1-17(2-4-19)20-8-12-27-15-20)25-14-16-5-11-24-21(13-16)18-6-9-23-10-7-18/h1-13,15H,14H2,(H,25,26). The molecular weight excluding hydrogens is 354 g/mol. The van der Waals surface area contributed by atoms with Gasteiger partial charge in [-0.15, -0.1) is 0 Å². The summed E-state index contributed by atoms with van der Waals surface area (Å²) in [7, 11) is 0. The van der Waals surface area contributed by atoms with Crippen molar-refractivity contribution < 1.29 is 4.79 Å². The maximum Gasteiger partial charge on any atom is 0.251 e. The van der Waals surface area contributed by atoms with Gasteiger partial charge in [0, 0.05) is 36.3 Å². The topological polar surface area (TPSA) is 54.9 Å². The van der Waals surface area contributed by atoms with E-state index in [1.165, 1.54) is 5.56 Å². The van der Waals surface area contributed by atoms with E-state index in [0.717, 1.165) is 22.4 Å². The van der Waals surface area contributed by atoms with E-state index in [9.17, 15) is 4.79 Å². The summed E-state index contributed by atoms with van der Waals surface area (Å²) in [6.07, 6.45) is 5.24. The molecule has 1 amide bonds. The van der Waals surface area contributed by atoms with Crippen LogP contribution in [-0.4, -0.2) is 15.9 Å². The first-order chi connectivity index (χ1) is 13.3. The fraction of sp³-hybridized carbons (Fsp3) is 0.0455. The molecule has 132 valence electrons. The van der Waals surface area contributed by atoms with Gasteiger partial charge in [0.05, 0.1) is 5.69 Å². The Balaban J connectivity index is 1.42. The van der Waals surface area contributed by atoms with Gasteiger partial charge in [-0.2, -0.15) is 11.3 Å². The molecule has 4 aromatic rings. The molecule has 4 nitrogen and oxygen atoms in total. The molecule has 1 aromatic carbocycles. The van der Waals surface area contributed by atoms with E-state index in [1.807, 2.05) is 53.9 Å². The Morgan fingerprint density at radius 2 is 1.70 bits per heavy atom. The molecular formula is C22H17N3OS. The number of carbonyl (C=O) groups excluding carboxylic acids is 1. The van der Waals surface area contributed by atoms with Gasteiger partial charge >= 0.3 is 0 Å². The molecule has 0 unspecified atom stereocenters. The second-order valence-electron chi connectivity index (χ2n) is 6.06.